The largest absolute Gasteiger partial charge is 0.481 e. The van der Waals surface area contributed by atoms with E-state index in [-0.39, 0.29) is 30.0 Å². The van der Waals surface area contributed by atoms with Crippen LogP contribution < -0.4 is 10.6 Å². The Bertz CT molecular complexity index is 1080. The third-order valence-electron chi connectivity index (χ3n) is 4.37. The van der Waals surface area contributed by atoms with Gasteiger partial charge in [-0.1, -0.05) is 0 Å². The van der Waals surface area contributed by atoms with E-state index in [2.05, 4.69) is 25.9 Å². The Kier molecular flexibility index (Phi) is 5.43. The fraction of sp³-hybridized carbons (Fsp3) is 0.294. The lowest BCUT2D eigenvalue weighted by Crippen LogP contribution is -2.22. The SMILES string of the molecule is Cc1c(NC(=O)c2c(NC(=O)c3ccnn3CCC(=O)O)cnn2C)cnn1C. The first kappa shape index (κ1) is 19.8. The molecule has 0 saturated heterocycles. The van der Waals surface area contributed by atoms with E-state index in [0.29, 0.717) is 5.69 Å². The van der Waals surface area contributed by atoms with E-state index in [0.717, 1.165) is 5.69 Å². The van der Waals surface area contributed by atoms with Gasteiger partial charge in [-0.3, -0.25) is 28.4 Å². The predicted octanol–water partition coefficient (Wildman–Crippen LogP) is 0.638. The van der Waals surface area contributed by atoms with Gasteiger partial charge in [0.1, 0.15) is 11.4 Å². The molecule has 3 heterocycles. The number of anilines is 2. The molecule has 3 rings (SSSR count). The summed E-state index contributed by atoms with van der Waals surface area (Å²) in [5.74, 6) is -1.99. The molecule has 0 unspecified atom stereocenters. The van der Waals surface area contributed by atoms with E-state index >= 15 is 0 Å². The average Bonchev–Trinajstić information content (AvgIpc) is 3.36. The van der Waals surface area contributed by atoms with Gasteiger partial charge in [0, 0.05) is 20.3 Å². The number of nitrogens with zero attached hydrogens (tertiary/aromatic N) is 6. The van der Waals surface area contributed by atoms with Crippen LogP contribution in [-0.4, -0.2) is 52.2 Å². The van der Waals surface area contributed by atoms with Gasteiger partial charge in [0.15, 0.2) is 0 Å². The summed E-state index contributed by atoms with van der Waals surface area (Å²) in [5, 5.41) is 26.3. The van der Waals surface area contributed by atoms with Crippen molar-refractivity contribution in [1.82, 2.24) is 29.3 Å². The van der Waals surface area contributed by atoms with Crippen LogP contribution in [0.2, 0.25) is 0 Å². The van der Waals surface area contributed by atoms with Gasteiger partial charge < -0.3 is 15.7 Å². The van der Waals surface area contributed by atoms with Crippen molar-refractivity contribution in [3.8, 4) is 0 Å². The van der Waals surface area contributed by atoms with Gasteiger partial charge in [0.05, 0.1) is 42.4 Å². The highest BCUT2D eigenvalue weighted by molar-refractivity contribution is 6.11. The summed E-state index contributed by atoms with van der Waals surface area (Å²) in [6.45, 7) is 1.86. The molecule has 152 valence electrons. The molecule has 3 N–H and O–H groups in total. The lowest BCUT2D eigenvalue weighted by Gasteiger charge is -2.10. The smallest absolute Gasteiger partial charge is 0.305 e. The highest BCUT2D eigenvalue weighted by Crippen LogP contribution is 2.19. The minimum Gasteiger partial charge on any atom is -0.481 e. The maximum Gasteiger partial charge on any atom is 0.305 e. The Morgan fingerprint density at radius 2 is 1.66 bits per heavy atom. The molecule has 0 aliphatic heterocycles. The average molecular weight is 400 g/mol. The fourth-order valence-corrected chi connectivity index (χ4v) is 2.69. The predicted molar refractivity (Wildman–Crippen MR) is 102 cm³/mol. The van der Waals surface area contributed by atoms with Crippen LogP contribution in [0.4, 0.5) is 11.4 Å². The Morgan fingerprint density at radius 1 is 1.00 bits per heavy atom. The Hall–Kier alpha value is -3.96. The summed E-state index contributed by atoms with van der Waals surface area (Å²) >= 11 is 0. The van der Waals surface area contributed by atoms with Crippen molar-refractivity contribution < 1.29 is 19.5 Å². The van der Waals surface area contributed by atoms with Crippen LogP contribution in [0.25, 0.3) is 0 Å². The quantitative estimate of drug-likeness (QED) is 0.527. The van der Waals surface area contributed by atoms with Crippen molar-refractivity contribution in [2.24, 2.45) is 14.1 Å². The number of hydrogen-bond acceptors (Lipinski definition) is 6. The molecule has 0 atom stereocenters. The molecule has 2 amide bonds. The molecule has 3 aromatic rings. The molecule has 0 aromatic carbocycles. The zero-order chi connectivity index (χ0) is 21.1. The lowest BCUT2D eigenvalue weighted by molar-refractivity contribution is -0.137. The molecule has 0 bridgehead atoms. The second kappa shape index (κ2) is 7.96. The van der Waals surface area contributed by atoms with Crippen LogP contribution in [0.3, 0.4) is 0 Å². The lowest BCUT2D eigenvalue weighted by atomic mass is 10.3. The third kappa shape index (κ3) is 4.15. The van der Waals surface area contributed by atoms with E-state index in [1.54, 1.807) is 18.8 Å². The van der Waals surface area contributed by atoms with Gasteiger partial charge >= 0.3 is 5.97 Å². The van der Waals surface area contributed by atoms with Crippen LogP contribution in [0.15, 0.2) is 24.7 Å². The zero-order valence-electron chi connectivity index (χ0n) is 16.1. The van der Waals surface area contributed by atoms with Gasteiger partial charge in [-0.05, 0) is 13.0 Å². The summed E-state index contributed by atoms with van der Waals surface area (Å²) in [7, 11) is 3.34. The number of carbonyl (C=O) groups is 3. The van der Waals surface area contributed by atoms with Crippen LogP contribution >= 0.6 is 0 Å². The molecule has 3 aromatic heterocycles. The summed E-state index contributed by atoms with van der Waals surface area (Å²) in [4.78, 5) is 36.1. The zero-order valence-corrected chi connectivity index (χ0v) is 16.1. The number of rotatable bonds is 7. The number of hydrogen-bond donors (Lipinski definition) is 3. The Morgan fingerprint density at radius 3 is 2.31 bits per heavy atom. The van der Waals surface area contributed by atoms with E-state index in [1.807, 2.05) is 6.92 Å². The molecule has 29 heavy (non-hydrogen) atoms. The number of amides is 2. The van der Waals surface area contributed by atoms with Gasteiger partial charge in [-0.15, -0.1) is 0 Å². The van der Waals surface area contributed by atoms with Crippen molar-refractivity contribution in [2.45, 2.75) is 19.9 Å². The van der Waals surface area contributed by atoms with Crippen molar-refractivity contribution in [2.75, 3.05) is 10.6 Å². The van der Waals surface area contributed by atoms with Gasteiger partial charge in [-0.2, -0.15) is 15.3 Å². The number of carboxylic acids is 1. The second-order valence-electron chi connectivity index (χ2n) is 6.29. The van der Waals surface area contributed by atoms with Crippen molar-refractivity contribution >= 4 is 29.2 Å². The van der Waals surface area contributed by atoms with Crippen LogP contribution in [0.1, 0.15) is 33.1 Å². The van der Waals surface area contributed by atoms with Gasteiger partial charge in [0.2, 0.25) is 0 Å². The maximum atomic E-state index is 12.7. The molecule has 12 nitrogen and oxygen atoms in total. The standard InChI is InChI=1S/C17H20N8O4/c1-10-11(8-19-23(10)2)21-17(29)15-12(9-20-24(15)3)22-16(28)13-4-6-18-25(13)7-5-14(26)27/h4,6,8-9H,5,7H2,1-3H3,(H,21,29)(H,22,28)(H,26,27). The van der Waals surface area contributed by atoms with Gasteiger partial charge in [-0.25, -0.2) is 0 Å². The van der Waals surface area contributed by atoms with E-state index in [1.165, 1.54) is 34.0 Å². The minimum absolute atomic E-state index is 0.0474. The molecule has 0 saturated carbocycles. The normalized spacial score (nSPS) is 10.7. The van der Waals surface area contributed by atoms with Crippen LogP contribution in [0, 0.1) is 6.92 Å². The first-order valence-electron chi connectivity index (χ1n) is 8.64. The van der Waals surface area contributed by atoms with E-state index in [9.17, 15) is 14.4 Å². The summed E-state index contributed by atoms with van der Waals surface area (Å²) in [6, 6.07) is 1.46. The number of carbonyl (C=O) groups excluding carboxylic acids is 2. The molecule has 0 aliphatic carbocycles. The molecule has 0 fully saturated rings. The number of nitrogens with one attached hydrogen (secondary N) is 2. The molecule has 0 spiro atoms. The van der Waals surface area contributed by atoms with Crippen LogP contribution in [0.5, 0.6) is 0 Å². The van der Waals surface area contributed by atoms with E-state index < -0.39 is 17.8 Å². The molecular weight excluding hydrogens is 380 g/mol. The third-order valence-corrected chi connectivity index (χ3v) is 4.37. The van der Waals surface area contributed by atoms with E-state index in [4.69, 9.17) is 5.11 Å². The monoisotopic (exact) mass is 400 g/mol. The van der Waals surface area contributed by atoms with Crippen molar-refractivity contribution in [1.29, 1.82) is 0 Å². The minimum atomic E-state index is -0.997. The molecule has 0 aliphatic rings. The fourth-order valence-electron chi connectivity index (χ4n) is 2.69. The number of carboxylic acid groups (broad SMARTS) is 1. The van der Waals surface area contributed by atoms with Gasteiger partial charge in [0.25, 0.3) is 11.8 Å². The summed E-state index contributed by atoms with van der Waals surface area (Å²) in [6.07, 6.45) is 4.12. The van der Waals surface area contributed by atoms with Crippen molar-refractivity contribution in [3.05, 3.63) is 41.7 Å². The Labute approximate surface area is 165 Å². The molecule has 12 heteroatoms. The van der Waals surface area contributed by atoms with Crippen LogP contribution in [-0.2, 0) is 25.4 Å². The number of aromatic nitrogens is 6. The summed E-state index contributed by atoms with van der Waals surface area (Å²) < 4.78 is 4.26. The topological polar surface area (TPSA) is 149 Å². The number of aryl methyl sites for hydroxylation is 3. The highest BCUT2D eigenvalue weighted by Gasteiger charge is 2.22. The molecular formula is C17H20N8O4. The summed E-state index contributed by atoms with van der Waals surface area (Å²) in [5.41, 5.74) is 1.85. The first-order chi connectivity index (χ1) is 13.8. The van der Waals surface area contributed by atoms with Crippen molar-refractivity contribution in [3.63, 3.8) is 0 Å². The second-order valence-corrected chi connectivity index (χ2v) is 6.29. The highest BCUT2D eigenvalue weighted by atomic mass is 16.4. The first-order valence-corrected chi connectivity index (χ1v) is 8.64. The Balaban J connectivity index is 1.78. The molecule has 0 radical (unpaired) electrons. The maximum absolute atomic E-state index is 12.7. The number of aliphatic carboxylic acids is 1.